The van der Waals surface area contributed by atoms with E-state index in [9.17, 15) is 0 Å². The Balaban J connectivity index is 2.06. The maximum atomic E-state index is 8.59. The number of hydrogen-bond acceptors (Lipinski definition) is 3. The van der Waals surface area contributed by atoms with Gasteiger partial charge in [-0.25, -0.2) is 0 Å². The topological polar surface area (TPSA) is 49.5 Å². The highest BCUT2D eigenvalue weighted by molar-refractivity contribution is 4.88. The lowest BCUT2D eigenvalue weighted by Crippen LogP contribution is -2.49. The lowest BCUT2D eigenvalue weighted by molar-refractivity contribution is 0.129. The molecule has 0 aromatic carbocycles. The molecule has 0 spiro atoms. The standard InChI is InChI=1S/C8H18N2O/c1-10(3-2-4-11)8-5-7(9)6-8/h7-8,11H,2-6,9H2,1H3. The van der Waals surface area contributed by atoms with Gasteiger partial charge in [-0.05, 0) is 26.3 Å². The van der Waals surface area contributed by atoms with E-state index in [4.69, 9.17) is 10.8 Å². The maximum absolute atomic E-state index is 8.59. The minimum atomic E-state index is 0.295. The van der Waals surface area contributed by atoms with E-state index < -0.39 is 0 Å². The van der Waals surface area contributed by atoms with Gasteiger partial charge in [0.15, 0.2) is 0 Å². The Morgan fingerprint density at radius 2 is 2.18 bits per heavy atom. The Morgan fingerprint density at radius 3 is 2.64 bits per heavy atom. The van der Waals surface area contributed by atoms with Gasteiger partial charge in [-0.2, -0.15) is 0 Å². The van der Waals surface area contributed by atoms with Gasteiger partial charge < -0.3 is 15.7 Å². The zero-order valence-corrected chi connectivity index (χ0v) is 7.16. The van der Waals surface area contributed by atoms with Crippen LogP contribution in [-0.4, -0.2) is 42.3 Å². The molecule has 3 heteroatoms. The van der Waals surface area contributed by atoms with Gasteiger partial charge in [0, 0.05) is 25.2 Å². The Labute approximate surface area is 68.2 Å². The van der Waals surface area contributed by atoms with Gasteiger partial charge in [-0.15, -0.1) is 0 Å². The van der Waals surface area contributed by atoms with Crippen molar-refractivity contribution in [2.75, 3.05) is 20.2 Å². The fraction of sp³-hybridized carbons (Fsp3) is 1.00. The number of nitrogens with two attached hydrogens (primary N) is 1. The highest BCUT2D eigenvalue weighted by atomic mass is 16.3. The van der Waals surface area contributed by atoms with Crippen LogP contribution in [0.1, 0.15) is 19.3 Å². The van der Waals surface area contributed by atoms with E-state index in [-0.39, 0.29) is 0 Å². The van der Waals surface area contributed by atoms with Crippen LogP contribution in [0.2, 0.25) is 0 Å². The molecule has 0 saturated heterocycles. The van der Waals surface area contributed by atoms with Crippen LogP contribution in [0.15, 0.2) is 0 Å². The Kier molecular flexibility index (Phi) is 3.30. The third-order valence-corrected chi connectivity index (χ3v) is 2.44. The Bertz CT molecular complexity index is 113. The van der Waals surface area contributed by atoms with E-state index in [0.29, 0.717) is 18.7 Å². The van der Waals surface area contributed by atoms with Crippen LogP contribution in [0, 0.1) is 0 Å². The second-order valence-corrected chi connectivity index (χ2v) is 3.44. The molecule has 0 atom stereocenters. The fourth-order valence-corrected chi connectivity index (χ4v) is 1.49. The van der Waals surface area contributed by atoms with Crippen molar-refractivity contribution >= 4 is 0 Å². The highest BCUT2D eigenvalue weighted by Crippen LogP contribution is 2.22. The van der Waals surface area contributed by atoms with Gasteiger partial charge >= 0.3 is 0 Å². The summed E-state index contributed by atoms with van der Waals surface area (Å²) in [6.45, 7) is 1.29. The second kappa shape index (κ2) is 4.04. The average Bonchev–Trinajstić information content (AvgIpc) is 1.94. The van der Waals surface area contributed by atoms with Gasteiger partial charge in [0.05, 0.1) is 0 Å². The number of hydrogen-bond donors (Lipinski definition) is 2. The van der Waals surface area contributed by atoms with Crippen molar-refractivity contribution in [1.29, 1.82) is 0 Å². The van der Waals surface area contributed by atoms with Crippen molar-refractivity contribution in [3.8, 4) is 0 Å². The first-order valence-electron chi connectivity index (χ1n) is 4.30. The van der Waals surface area contributed by atoms with Crippen molar-refractivity contribution in [1.82, 2.24) is 4.90 Å². The minimum absolute atomic E-state index is 0.295. The van der Waals surface area contributed by atoms with Crippen LogP contribution in [-0.2, 0) is 0 Å². The lowest BCUT2D eigenvalue weighted by atomic mass is 9.86. The molecule has 1 rings (SSSR count). The molecular formula is C8H18N2O. The summed E-state index contributed by atoms with van der Waals surface area (Å²) in [6.07, 6.45) is 3.13. The van der Waals surface area contributed by atoms with E-state index in [1.807, 2.05) is 0 Å². The molecule has 0 aliphatic heterocycles. The fourth-order valence-electron chi connectivity index (χ4n) is 1.49. The first-order chi connectivity index (χ1) is 5.24. The van der Waals surface area contributed by atoms with Gasteiger partial charge in [0.1, 0.15) is 0 Å². The molecule has 0 aromatic rings. The molecule has 11 heavy (non-hydrogen) atoms. The van der Waals surface area contributed by atoms with E-state index in [1.54, 1.807) is 0 Å². The van der Waals surface area contributed by atoms with E-state index in [2.05, 4.69) is 11.9 Å². The van der Waals surface area contributed by atoms with E-state index in [1.165, 1.54) is 0 Å². The third kappa shape index (κ3) is 2.43. The number of nitrogens with zero attached hydrogens (tertiary/aromatic N) is 1. The zero-order chi connectivity index (χ0) is 8.27. The normalized spacial score (nSPS) is 30.5. The van der Waals surface area contributed by atoms with E-state index >= 15 is 0 Å². The molecule has 1 aliphatic carbocycles. The summed E-state index contributed by atoms with van der Waals surface area (Å²) in [7, 11) is 2.10. The van der Waals surface area contributed by atoms with Crippen molar-refractivity contribution in [3.63, 3.8) is 0 Å². The van der Waals surface area contributed by atoms with Crippen LogP contribution in [0.25, 0.3) is 0 Å². The van der Waals surface area contributed by atoms with Crippen LogP contribution in [0.4, 0.5) is 0 Å². The van der Waals surface area contributed by atoms with Crippen LogP contribution in [0.3, 0.4) is 0 Å². The van der Waals surface area contributed by atoms with E-state index in [0.717, 1.165) is 25.8 Å². The highest BCUT2D eigenvalue weighted by Gasteiger charge is 2.28. The van der Waals surface area contributed by atoms with Gasteiger partial charge in [-0.3, -0.25) is 0 Å². The summed E-state index contributed by atoms with van der Waals surface area (Å²) >= 11 is 0. The predicted octanol–water partition coefficient (Wildman–Crippen LogP) is -0.210. The molecule has 0 bridgehead atoms. The second-order valence-electron chi connectivity index (χ2n) is 3.44. The number of aliphatic hydroxyl groups is 1. The zero-order valence-electron chi connectivity index (χ0n) is 7.16. The molecule has 1 fully saturated rings. The van der Waals surface area contributed by atoms with Gasteiger partial charge in [0.25, 0.3) is 0 Å². The van der Waals surface area contributed by atoms with Gasteiger partial charge in [-0.1, -0.05) is 0 Å². The molecule has 0 heterocycles. The molecule has 3 nitrogen and oxygen atoms in total. The largest absolute Gasteiger partial charge is 0.396 e. The quantitative estimate of drug-likeness (QED) is 0.595. The molecule has 0 radical (unpaired) electrons. The SMILES string of the molecule is CN(CCCO)C1CC(N)C1. The molecule has 1 aliphatic rings. The minimum Gasteiger partial charge on any atom is -0.396 e. The first kappa shape index (κ1) is 8.97. The number of aliphatic hydroxyl groups excluding tert-OH is 1. The van der Waals surface area contributed by atoms with Crippen LogP contribution in [0.5, 0.6) is 0 Å². The number of rotatable bonds is 4. The van der Waals surface area contributed by atoms with Crippen LogP contribution < -0.4 is 5.73 Å². The Hall–Kier alpha value is -0.120. The third-order valence-electron chi connectivity index (χ3n) is 2.44. The molecule has 0 aromatic heterocycles. The van der Waals surface area contributed by atoms with Crippen molar-refractivity contribution in [3.05, 3.63) is 0 Å². The first-order valence-corrected chi connectivity index (χ1v) is 4.30. The smallest absolute Gasteiger partial charge is 0.0443 e. The van der Waals surface area contributed by atoms with Gasteiger partial charge in [0.2, 0.25) is 0 Å². The molecule has 66 valence electrons. The Morgan fingerprint density at radius 1 is 1.55 bits per heavy atom. The maximum Gasteiger partial charge on any atom is 0.0443 e. The van der Waals surface area contributed by atoms with Crippen molar-refractivity contribution in [2.24, 2.45) is 5.73 Å². The van der Waals surface area contributed by atoms with Crippen molar-refractivity contribution < 1.29 is 5.11 Å². The molecule has 1 saturated carbocycles. The summed E-state index contributed by atoms with van der Waals surface area (Å²) in [4.78, 5) is 2.29. The molecule has 0 amide bonds. The molecule has 3 N–H and O–H groups in total. The summed E-state index contributed by atoms with van der Waals surface area (Å²) < 4.78 is 0. The molecule has 0 unspecified atom stereocenters. The average molecular weight is 158 g/mol. The summed E-state index contributed by atoms with van der Waals surface area (Å²) in [5, 5.41) is 8.59. The summed E-state index contributed by atoms with van der Waals surface area (Å²) in [5.74, 6) is 0. The predicted molar refractivity (Wildman–Crippen MR) is 45.3 cm³/mol. The molecular weight excluding hydrogens is 140 g/mol. The monoisotopic (exact) mass is 158 g/mol. The lowest BCUT2D eigenvalue weighted by Gasteiger charge is -2.39. The summed E-state index contributed by atoms with van der Waals surface area (Å²) in [6, 6.07) is 1.10. The van der Waals surface area contributed by atoms with Crippen LogP contribution >= 0.6 is 0 Å². The summed E-state index contributed by atoms with van der Waals surface area (Å²) in [5.41, 5.74) is 5.66. The van der Waals surface area contributed by atoms with Crippen molar-refractivity contribution in [2.45, 2.75) is 31.3 Å².